The van der Waals surface area contributed by atoms with E-state index in [9.17, 15) is 23.1 Å². The third-order valence-electron chi connectivity index (χ3n) is 5.74. The Balaban J connectivity index is 1.29. The molecule has 0 spiro atoms. The number of carbonyl (C=O) groups excluding carboxylic acids is 2. The summed E-state index contributed by atoms with van der Waals surface area (Å²) in [6.45, 7) is -0.544. The van der Waals surface area contributed by atoms with Gasteiger partial charge < -0.3 is 19.0 Å². The van der Waals surface area contributed by atoms with Crippen LogP contribution in [0.3, 0.4) is 0 Å². The predicted molar refractivity (Wildman–Crippen MR) is 147 cm³/mol. The van der Waals surface area contributed by atoms with Crippen molar-refractivity contribution in [3.05, 3.63) is 113 Å². The molecule has 40 heavy (non-hydrogen) atoms. The second-order valence-electron chi connectivity index (χ2n) is 8.48. The van der Waals surface area contributed by atoms with Gasteiger partial charge in [0.15, 0.2) is 5.78 Å². The molecule has 0 aliphatic carbocycles. The maximum absolute atomic E-state index is 13.0. The fourth-order valence-electron chi connectivity index (χ4n) is 3.78. The van der Waals surface area contributed by atoms with Gasteiger partial charge in [-0.05, 0) is 48.5 Å². The summed E-state index contributed by atoms with van der Waals surface area (Å²) in [6, 6.07) is 24.2. The molecule has 0 amide bonds. The minimum Gasteiger partial charge on any atom is -0.506 e. The van der Waals surface area contributed by atoms with Crippen LogP contribution in [0.15, 0.2) is 106 Å². The Morgan fingerprint density at radius 1 is 0.850 bits per heavy atom. The van der Waals surface area contributed by atoms with Crippen LogP contribution in [0.4, 0.5) is 0 Å². The number of sulfonamides is 1. The molecule has 4 aromatic carbocycles. The molecule has 2 N–H and O–H groups in total. The number of aromatic hydroxyl groups is 1. The van der Waals surface area contributed by atoms with Gasteiger partial charge in [0.05, 0.1) is 22.0 Å². The van der Waals surface area contributed by atoms with Crippen molar-refractivity contribution in [2.45, 2.75) is 4.90 Å². The number of Topliss-reactive ketones (excluding diaryl/α,β-unsaturated/α-hetero) is 1. The number of halogens is 1. The zero-order valence-electron chi connectivity index (χ0n) is 20.5. The Kier molecular flexibility index (Phi) is 7.56. The number of hydrogen-bond acceptors (Lipinski definition) is 8. The van der Waals surface area contributed by atoms with Gasteiger partial charge in [0.25, 0.3) is 5.95 Å². The van der Waals surface area contributed by atoms with E-state index in [0.717, 1.165) is 0 Å². The lowest BCUT2D eigenvalue weighted by Crippen LogP contribution is -2.30. The number of hydrogen-bond donors (Lipinski definition) is 2. The highest BCUT2D eigenvalue weighted by Gasteiger charge is 2.21. The topological polar surface area (TPSA) is 132 Å². The highest BCUT2D eigenvalue weighted by atomic mass is 35.5. The van der Waals surface area contributed by atoms with Gasteiger partial charge in [0, 0.05) is 23.1 Å². The number of phenols is 1. The first-order valence-corrected chi connectivity index (χ1v) is 13.6. The smallest absolute Gasteiger partial charge is 0.344 e. The van der Waals surface area contributed by atoms with Crippen molar-refractivity contribution < 1.29 is 37.0 Å². The standard InChI is InChI=1S/C29H20ClNO8S/c30-24-16-20(10-12-25(24)32)37-28-15-18-14-19(11-13-27(18)39-28)38-29(34)23-9-5-4-8-22(23)26(33)17-31-40(35,36)21-6-2-1-3-7-21/h1-16,31-32H,17H2. The summed E-state index contributed by atoms with van der Waals surface area (Å²) >= 11 is 5.91. The summed E-state index contributed by atoms with van der Waals surface area (Å²) in [5.41, 5.74) is 0.448. The van der Waals surface area contributed by atoms with Gasteiger partial charge in [-0.25, -0.2) is 17.9 Å². The first-order chi connectivity index (χ1) is 19.2. The van der Waals surface area contributed by atoms with E-state index < -0.39 is 28.3 Å². The van der Waals surface area contributed by atoms with Crippen molar-refractivity contribution in [1.82, 2.24) is 4.72 Å². The molecule has 0 aliphatic heterocycles. The zero-order chi connectivity index (χ0) is 28.3. The maximum atomic E-state index is 13.0. The lowest BCUT2D eigenvalue weighted by atomic mass is 10.0. The fraction of sp³-hybridized carbons (Fsp3) is 0.0345. The van der Waals surface area contributed by atoms with Crippen LogP contribution < -0.4 is 14.2 Å². The Bertz CT molecular complexity index is 1830. The molecule has 0 aliphatic rings. The molecule has 0 atom stereocenters. The molecule has 5 rings (SSSR count). The number of carbonyl (C=O) groups is 2. The van der Waals surface area contributed by atoms with Gasteiger partial charge in [-0.3, -0.25) is 4.79 Å². The molecule has 202 valence electrons. The molecule has 11 heteroatoms. The molecule has 1 aromatic heterocycles. The molecule has 0 saturated heterocycles. The normalized spacial score (nSPS) is 11.3. The third kappa shape index (κ3) is 5.99. The van der Waals surface area contributed by atoms with Crippen LogP contribution in [0.2, 0.25) is 5.02 Å². The summed E-state index contributed by atoms with van der Waals surface area (Å²) in [5, 5.41) is 10.3. The highest BCUT2D eigenvalue weighted by molar-refractivity contribution is 7.89. The fourth-order valence-corrected chi connectivity index (χ4v) is 4.96. The number of ether oxygens (including phenoxy) is 2. The lowest BCUT2D eigenvalue weighted by Gasteiger charge is -2.10. The number of phenolic OH excluding ortho intramolecular Hbond substituents is 1. The number of nitrogens with one attached hydrogen (secondary N) is 1. The Morgan fingerprint density at radius 2 is 1.55 bits per heavy atom. The molecule has 1 heterocycles. The Morgan fingerprint density at radius 3 is 2.30 bits per heavy atom. The number of esters is 1. The lowest BCUT2D eigenvalue weighted by molar-refractivity contribution is 0.0730. The van der Waals surface area contributed by atoms with E-state index in [0.29, 0.717) is 16.7 Å². The average Bonchev–Trinajstić information content (AvgIpc) is 3.35. The maximum Gasteiger partial charge on any atom is 0.344 e. The van der Waals surface area contributed by atoms with Crippen LogP contribution in [-0.4, -0.2) is 31.8 Å². The molecule has 0 unspecified atom stereocenters. The van der Waals surface area contributed by atoms with Crippen LogP contribution in [0, 0.1) is 0 Å². The van der Waals surface area contributed by atoms with Gasteiger partial charge in [-0.2, -0.15) is 0 Å². The molecule has 0 fully saturated rings. The molecule has 5 aromatic rings. The molecule has 0 radical (unpaired) electrons. The van der Waals surface area contributed by atoms with Crippen molar-refractivity contribution in [2.75, 3.05) is 6.54 Å². The van der Waals surface area contributed by atoms with Crippen molar-refractivity contribution >= 4 is 44.3 Å². The summed E-state index contributed by atoms with van der Waals surface area (Å²) in [4.78, 5) is 25.9. The molecular formula is C29H20ClNO8S. The van der Waals surface area contributed by atoms with Gasteiger partial charge in [0.2, 0.25) is 10.0 Å². The van der Waals surface area contributed by atoms with Crippen molar-refractivity contribution in [3.63, 3.8) is 0 Å². The van der Waals surface area contributed by atoms with Crippen molar-refractivity contribution in [1.29, 1.82) is 0 Å². The van der Waals surface area contributed by atoms with E-state index in [1.54, 1.807) is 48.5 Å². The van der Waals surface area contributed by atoms with Gasteiger partial charge in [0.1, 0.15) is 22.8 Å². The van der Waals surface area contributed by atoms with Crippen molar-refractivity contribution in [3.8, 4) is 23.2 Å². The van der Waals surface area contributed by atoms with Crippen LogP contribution in [0.5, 0.6) is 23.2 Å². The Hall–Kier alpha value is -4.64. The van der Waals surface area contributed by atoms with Gasteiger partial charge >= 0.3 is 5.97 Å². The SMILES string of the molecule is O=C(CNS(=O)(=O)c1ccccc1)c1ccccc1C(=O)Oc1ccc2oc(Oc3ccc(O)c(Cl)c3)cc2c1. The van der Waals surface area contributed by atoms with E-state index in [-0.39, 0.29) is 38.5 Å². The molecule has 9 nitrogen and oxygen atoms in total. The third-order valence-corrected chi connectivity index (χ3v) is 7.46. The predicted octanol–water partition coefficient (Wildman–Crippen LogP) is 5.96. The minimum absolute atomic E-state index is 0.0101. The largest absolute Gasteiger partial charge is 0.506 e. The van der Waals surface area contributed by atoms with Gasteiger partial charge in [-0.1, -0.05) is 48.0 Å². The first kappa shape index (κ1) is 26.9. The van der Waals surface area contributed by atoms with E-state index in [1.807, 2.05) is 0 Å². The zero-order valence-corrected chi connectivity index (χ0v) is 22.1. The van der Waals surface area contributed by atoms with Crippen molar-refractivity contribution in [2.24, 2.45) is 0 Å². The van der Waals surface area contributed by atoms with E-state index >= 15 is 0 Å². The van der Waals surface area contributed by atoms with Crippen LogP contribution in [0.25, 0.3) is 11.0 Å². The van der Waals surface area contributed by atoms with Crippen LogP contribution >= 0.6 is 11.6 Å². The summed E-state index contributed by atoms with van der Waals surface area (Å²) in [6.07, 6.45) is 0. The number of fused-ring (bicyclic) bond motifs is 1. The van der Waals surface area contributed by atoms with E-state index in [2.05, 4.69) is 4.72 Å². The van der Waals surface area contributed by atoms with Crippen LogP contribution in [-0.2, 0) is 10.0 Å². The first-order valence-electron chi connectivity index (χ1n) is 11.8. The molecule has 0 saturated carbocycles. The number of benzene rings is 4. The average molecular weight is 578 g/mol. The summed E-state index contributed by atoms with van der Waals surface area (Å²) < 4.78 is 44.0. The number of rotatable bonds is 9. The number of furan rings is 1. The molecular weight excluding hydrogens is 558 g/mol. The summed E-state index contributed by atoms with van der Waals surface area (Å²) in [5.74, 6) is -0.803. The highest BCUT2D eigenvalue weighted by Crippen LogP contribution is 2.34. The van der Waals surface area contributed by atoms with Gasteiger partial charge in [-0.15, -0.1) is 0 Å². The second kappa shape index (κ2) is 11.2. The molecule has 0 bridgehead atoms. The number of ketones is 1. The monoisotopic (exact) mass is 577 g/mol. The quantitative estimate of drug-likeness (QED) is 0.124. The van der Waals surface area contributed by atoms with E-state index in [1.165, 1.54) is 48.5 Å². The Labute approximate surface area is 233 Å². The minimum atomic E-state index is -3.91. The second-order valence-corrected chi connectivity index (χ2v) is 10.7. The summed E-state index contributed by atoms with van der Waals surface area (Å²) in [7, 11) is -3.91. The van der Waals surface area contributed by atoms with Crippen LogP contribution in [0.1, 0.15) is 20.7 Å². The van der Waals surface area contributed by atoms with E-state index in [4.69, 9.17) is 25.5 Å².